The van der Waals surface area contributed by atoms with Crippen LogP contribution >= 0.6 is 0 Å². The minimum Gasteiger partial charge on any atom is -0.510 e. The Morgan fingerprint density at radius 3 is 2.61 bits per heavy atom. The molecule has 7 atom stereocenters. The number of fused-ring (bicyclic) bond motifs is 2. The van der Waals surface area contributed by atoms with E-state index >= 15 is 0 Å². The molecule has 2 aromatic rings. The van der Waals surface area contributed by atoms with E-state index in [2.05, 4.69) is 0 Å². The number of aliphatic hydroxyl groups is 4. The summed E-state index contributed by atoms with van der Waals surface area (Å²) in [6.45, 7) is 1.16. The number of aromatic hydroxyl groups is 1. The van der Waals surface area contributed by atoms with E-state index in [0.717, 1.165) is 6.08 Å². The Bertz CT molecular complexity index is 1690. The average Bonchev–Trinajstić information content (AvgIpc) is 3.30. The number of aliphatic carboxylic acids is 1. The first-order valence-corrected chi connectivity index (χ1v) is 14.6. The molecule has 13 heteroatoms. The molecule has 244 valence electrons. The summed E-state index contributed by atoms with van der Waals surface area (Å²) in [6.07, 6.45) is 1.68. The van der Waals surface area contributed by atoms with Crippen molar-refractivity contribution < 1.29 is 59.2 Å². The van der Waals surface area contributed by atoms with Crippen LogP contribution < -0.4 is 10.2 Å². The van der Waals surface area contributed by atoms with Crippen LogP contribution in [0.1, 0.15) is 24.5 Å². The van der Waals surface area contributed by atoms with Gasteiger partial charge in [0.05, 0.1) is 18.1 Å². The Morgan fingerprint density at radius 1 is 1.07 bits per heavy atom. The van der Waals surface area contributed by atoms with Gasteiger partial charge in [-0.25, -0.2) is 9.59 Å². The molecule has 0 amide bonds. The van der Waals surface area contributed by atoms with Gasteiger partial charge in [-0.15, -0.1) is 0 Å². The number of carbonyl (C=O) groups is 2. The fourth-order valence-electron chi connectivity index (χ4n) is 5.50. The van der Waals surface area contributed by atoms with Crippen molar-refractivity contribution in [2.24, 2.45) is 5.92 Å². The van der Waals surface area contributed by atoms with Crippen LogP contribution in [-0.2, 0) is 30.2 Å². The summed E-state index contributed by atoms with van der Waals surface area (Å²) in [5.74, 6) is -3.06. The molecule has 13 nitrogen and oxygen atoms in total. The number of phenols is 1. The largest absolute Gasteiger partial charge is 0.510 e. The van der Waals surface area contributed by atoms with Crippen LogP contribution in [0.3, 0.4) is 0 Å². The van der Waals surface area contributed by atoms with Crippen LogP contribution in [0.15, 0.2) is 70.8 Å². The van der Waals surface area contributed by atoms with Crippen LogP contribution in [0.25, 0.3) is 16.8 Å². The third kappa shape index (κ3) is 7.14. The maximum Gasteiger partial charge on any atom is 0.331 e. The van der Waals surface area contributed by atoms with Gasteiger partial charge in [0.25, 0.3) is 0 Å². The number of carbonyl (C=O) groups excluding carboxylic acids is 1. The highest BCUT2D eigenvalue weighted by molar-refractivity contribution is 5.92. The van der Waals surface area contributed by atoms with Crippen molar-refractivity contribution in [1.29, 1.82) is 0 Å². The second-order valence-corrected chi connectivity index (χ2v) is 11.3. The van der Waals surface area contributed by atoms with Gasteiger partial charge in [-0.2, -0.15) is 0 Å². The lowest BCUT2D eigenvalue weighted by molar-refractivity contribution is -0.264. The van der Waals surface area contributed by atoms with Crippen molar-refractivity contribution in [3.05, 3.63) is 87.3 Å². The number of esters is 1. The first kappa shape index (κ1) is 32.9. The molecule has 1 saturated heterocycles. The highest BCUT2D eigenvalue weighted by Gasteiger charge is 2.42. The average molecular weight is 639 g/mol. The third-order valence-electron chi connectivity index (χ3n) is 8.11. The van der Waals surface area contributed by atoms with Crippen LogP contribution in [0.4, 0.5) is 0 Å². The molecule has 0 saturated carbocycles. The first-order chi connectivity index (χ1) is 21.9. The molecule has 1 fully saturated rings. The molecule has 1 aliphatic carbocycles. The number of rotatable bonds is 10. The lowest BCUT2D eigenvalue weighted by Gasteiger charge is -2.39. The molecule has 2 aliphatic heterocycles. The van der Waals surface area contributed by atoms with Crippen LogP contribution in [0, 0.1) is 5.92 Å². The monoisotopic (exact) mass is 638 g/mol. The van der Waals surface area contributed by atoms with Gasteiger partial charge in [0, 0.05) is 35.6 Å². The summed E-state index contributed by atoms with van der Waals surface area (Å²) in [6, 6.07) is 6.25. The van der Waals surface area contributed by atoms with E-state index in [1.165, 1.54) is 43.4 Å². The summed E-state index contributed by atoms with van der Waals surface area (Å²) in [5.41, 5.74) is 0.641. The highest BCUT2D eigenvalue weighted by atomic mass is 16.6. The number of carboxylic acid groups (broad SMARTS) is 1. The summed E-state index contributed by atoms with van der Waals surface area (Å²) >= 11 is 0. The zero-order chi connectivity index (χ0) is 33.1. The molecule has 2 heterocycles. The van der Waals surface area contributed by atoms with E-state index in [1.807, 2.05) is 0 Å². The molecular formula is C33H34O13. The number of aliphatic hydroxyl groups excluding tert-OH is 4. The van der Waals surface area contributed by atoms with Gasteiger partial charge in [-0.05, 0) is 29.5 Å². The number of benzene rings is 1. The first-order valence-electron chi connectivity index (χ1n) is 14.6. The third-order valence-corrected chi connectivity index (χ3v) is 8.11. The van der Waals surface area contributed by atoms with Crippen molar-refractivity contribution in [1.82, 2.24) is 0 Å². The molecule has 3 aliphatic rings. The lowest BCUT2D eigenvalue weighted by atomic mass is 9.93. The zero-order valence-corrected chi connectivity index (χ0v) is 24.7. The smallest absolute Gasteiger partial charge is 0.331 e. The predicted molar refractivity (Wildman–Crippen MR) is 162 cm³/mol. The minimum absolute atomic E-state index is 0.0517. The van der Waals surface area contributed by atoms with Gasteiger partial charge in [0.2, 0.25) is 5.43 Å². The van der Waals surface area contributed by atoms with Crippen molar-refractivity contribution >= 4 is 28.8 Å². The number of ether oxygens (including phenoxy) is 4. The fraction of sp³-hybridized carbons (Fsp3) is 0.364. The Labute approximate surface area is 262 Å². The number of hydrogen-bond acceptors (Lipinski definition) is 12. The van der Waals surface area contributed by atoms with Gasteiger partial charge >= 0.3 is 11.9 Å². The summed E-state index contributed by atoms with van der Waals surface area (Å²) < 4.78 is 22.3. The molecule has 5 rings (SSSR count). The predicted octanol–water partition coefficient (Wildman–Crippen LogP) is 1.64. The van der Waals surface area contributed by atoms with Crippen molar-refractivity contribution in [3.8, 4) is 11.5 Å². The maximum atomic E-state index is 13.8. The topological polar surface area (TPSA) is 210 Å². The van der Waals surface area contributed by atoms with Crippen LogP contribution in [0.2, 0.25) is 0 Å². The minimum atomic E-state index is -1.41. The Balaban J connectivity index is 1.43. The standard InChI is InChI=1S/C33H34O13/c1-16-29(38)32(41)25(46-33(16)42)15-44-24-11-17(8-9-43-23-14-22-20(12-21(23)34)13-27(37)45-22)10-19-7-6-18(4-2-3-5-26(35)36)30(39)28(19)31(24)40/h2-7,10-13,16,22-23,25,29,32-34,38-39,41-42H,8-9,14-15H2,1H3,(H,35,36)/b4-2+,5-3+. The molecule has 2 aromatic carbocycles. The number of carboxylic acids is 1. The molecule has 7 unspecified atom stereocenters. The molecule has 0 spiro atoms. The van der Waals surface area contributed by atoms with Crippen LogP contribution in [0.5, 0.6) is 11.5 Å². The Kier molecular flexibility index (Phi) is 9.89. The molecular weight excluding hydrogens is 604 g/mol. The number of phenolic OH excluding ortho intramolecular Hbond substituents is 1. The summed E-state index contributed by atoms with van der Waals surface area (Å²) in [5, 5.41) is 61.5. The van der Waals surface area contributed by atoms with Crippen LogP contribution in [-0.4, -0.2) is 92.6 Å². The van der Waals surface area contributed by atoms with Crippen molar-refractivity contribution in [3.63, 3.8) is 0 Å². The van der Waals surface area contributed by atoms with E-state index in [-0.39, 0.29) is 47.7 Å². The van der Waals surface area contributed by atoms with Crippen molar-refractivity contribution in [2.45, 2.75) is 56.6 Å². The molecule has 0 bridgehead atoms. The van der Waals surface area contributed by atoms with Crippen molar-refractivity contribution in [2.75, 3.05) is 13.2 Å². The fourth-order valence-corrected chi connectivity index (χ4v) is 5.50. The molecule has 46 heavy (non-hydrogen) atoms. The van der Waals surface area contributed by atoms with Gasteiger partial charge in [0.15, 0.2) is 12.0 Å². The van der Waals surface area contributed by atoms with Gasteiger partial charge in [-0.3, -0.25) is 4.79 Å². The summed E-state index contributed by atoms with van der Waals surface area (Å²) in [7, 11) is 0. The molecule has 0 radical (unpaired) electrons. The summed E-state index contributed by atoms with van der Waals surface area (Å²) in [4.78, 5) is 36.1. The van der Waals surface area contributed by atoms with E-state index in [9.17, 15) is 39.9 Å². The highest BCUT2D eigenvalue weighted by Crippen LogP contribution is 2.32. The lowest BCUT2D eigenvalue weighted by Crippen LogP contribution is -2.55. The Hall–Kier alpha value is -4.53. The molecule has 6 N–H and O–H groups in total. The maximum absolute atomic E-state index is 13.8. The van der Waals surface area contributed by atoms with E-state index in [1.54, 1.807) is 18.2 Å². The van der Waals surface area contributed by atoms with E-state index < -0.39 is 66.7 Å². The van der Waals surface area contributed by atoms with Gasteiger partial charge in [-0.1, -0.05) is 43.4 Å². The normalized spacial score (nSPS) is 27.8. The van der Waals surface area contributed by atoms with E-state index in [0.29, 0.717) is 16.5 Å². The number of allylic oxidation sites excluding steroid dienone is 2. The zero-order valence-electron chi connectivity index (χ0n) is 24.7. The number of hydrogen-bond donors (Lipinski definition) is 6. The van der Waals surface area contributed by atoms with Gasteiger partial charge in [0.1, 0.15) is 42.5 Å². The Morgan fingerprint density at radius 2 is 1.85 bits per heavy atom. The second-order valence-electron chi connectivity index (χ2n) is 11.3. The SMILES string of the molecule is CC1C(O)OC(COc2cc(CCOC3CC4OC(=O)C=C4C=C3O)cc3ccc(/C=C/C=C/C(=O)O)c(O)c3c2=O)C(O)C1O. The van der Waals surface area contributed by atoms with Gasteiger partial charge < -0.3 is 49.6 Å². The molecule has 0 aromatic heterocycles. The quantitative estimate of drug-likeness (QED) is 0.124. The second kappa shape index (κ2) is 13.8. The van der Waals surface area contributed by atoms with E-state index in [4.69, 9.17) is 24.1 Å².